The molecule has 1 aliphatic heterocycles. The Balaban J connectivity index is 2.26. The summed E-state index contributed by atoms with van der Waals surface area (Å²) >= 11 is 0. The summed E-state index contributed by atoms with van der Waals surface area (Å²) < 4.78 is 1.58. The van der Waals surface area contributed by atoms with E-state index in [1.165, 1.54) is 18.9 Å². The zero-order valence-corrected chi connectivity index (χ0v) is 11.5. The highest BCUT2D eigenvalue weighted by Crippen LogP contribution is 2.12. The van der Waals surface area contributed by atoms with Crippen molar-refractivity contribution >= 4 is 5.97 Å². The van der Waals surface area contributed by atoms with Gasteiger partial charge in [-0.3, -0.25) is 4.79 Å². The first-order valence-electron chi connectivity index (χ1n) is 6.67. The molecule has 5 heteroatoms. The fourth-order valence-corrected chi connectivity index (χ4v) is 2.77. The zero-order chi connectivity index (χ0) is 14.0. The molecule has 1 saturated heterocycles. The maximum absolute atomic E-state index is 12.0. The van der Waals surface area contributed by atoms with E-state index < -0.39 is 5.97 Å². The summed E-state index contributed by atoms with van der Waals surface area (Å²) in [6, 6.07) is 1.42. The van der Waals surface area contributed by atoms with Gasteiger partial charge in [-0.25, -0.2) is 4.79 Å². The van der Waals surface area contributed by atoms with Gasteiger partial charge >= 0.3 is 5.97 Å². The van der Waals surface area contributed by atoms with Gasteiger partial charge in [-0.15, -0.1) is 0 Å². The zero-order valence-electron chi connectivity index (χ0n) is 11.5. The summed E-state index contributed by atoms with van der Waals surface area (Å²) in [6.45, 7) is 6.90. The fraction of sp³-hybridized carbons (Fsp3) is 0.571. The Bertz CT molecular complexity index is 542. The van der Waals surface area contributed by atoms with Gasteiger partial charge in [0.25, 0.3) is 5.56 Å². The lowest BCUT2D eigenvalue weighted by Gasteiger charge is -2.18. The van der Waals surface area contributed by atoms with Gasteiger partial charge in [0.05, 0.1) is 5.56 Å². The number of nitrogens with zero attached hydrogens (tertiary/aromatic N) is 2. The van der Waals surface area contributed by atoms with E-state index in [9.17, 15) is 14.7 Å². The fourth-order valence-electron chi connectivity index (χ4n) is 2.77. The summed E-state index contributed by atoms with van der Waals surface area (Å²) in [7, 11) is 0. The molecule has 1 aromatic rings. The molecule has 5 nitrogen and oxygen atoms in total. The van der Waals surface area contributed by atoms with E-state index >= 15 is 0 Å². The molecule has 19 heavy (non-hydrogen) atoms. The number of carboxylic acids is 1. The molecule has 1 aromatic heterocycles. The van der Waals surface area contributed by atoms with Crippen LogP contribution in [0.3, 0.4) is 0 Å². The van der Waals surface area contributed by atoms with Crippen LogP contribution in [-0.4, -0.2) is 40.2 Å². The second-order valence-electron chi connectivity index (χ2n) is 5.13. The Hall–Kier alpha value is -1.62. The third-order valence-electron chi connectivity index (χ3n) is 3.82. The molecular formula is C14H20N2O3. The number of hydrogen-bond acceptors (Lipinski definition) is 3. The van der Waals surface area contributed by atoms with Crippen LogP contribution in [0.4, 0.5) is 0 Å². The van der Waals surface area contributed by atoms with Crippen molar-refractivity contribution < 1.29 is 9.90 Å². The number of carbonyl (C=O) groups is 1. The van der Waals surface area contributed by atoms with E-state index in [4.69, 9.17) is 0 Å². The Morgan fingerprint density at radius 2 is 1.89 bits per heavy atom. The molecule has 0 aliphatic carbocycles. The van der Waals surface area contributed by atoms with E-state index in [1.807, 2.05) is 0 Å². The Morgan fingerprint density at radius 1 is 1.26 bits per heavy atom. The topological polar surface area (TPSA) is 62.5 Å². The van der Waals surface area contributed by atoms with E-state index in [-0.39, 0.29) is 11.1 Å². The minimum absolute atomic E-state index is 0.112. The predicted molar refractivity (Wildman–Crippen MR) is 72.8 cm³/mol. The van der Waals surface area contributed by atoms with Crippen molar-refractivity contribution in [2.45, 2.75) is 33.2 Å². The first-order valence-corrected chi connectivity index (χ1v) is 6.67. The molecule has 1 aliphatic rings. The average molecular weight is 264 g/mol. The van der Waals surface area contributed by atoms with E-state index in [2.05, 4.69) is 4.90 Å². The second kappa shape index (κ2) is 5.57. The van der Waals surface area contributed by atoms with Crippen LogP contribution in [0.1, 0.15) is 34.5 Å². The van der Waals surface area contributed by atoms with Crippen LogP contribution in [0, 0.1) is 13.8 Å². The highest BCUT2D eigenvalue weighted by atomic mass is 16.4. The number of carboxylic acid groups (broad SMARTS) is 1. The van der Waals surface area contributed by atoms with Crippen LogP contribution >= 0.6 is 0 Å². The van der Waals surface area contributed by atoms with Crippen molar-refractivity contribution in [3.05, 3.63) is 33.2 Å². The smallest absolute Gasteiger partial charge is 0.337 e. The molecule has 1 N–H and O–H groups in total. The monoisotopic (exact) mass is 264 g/mol. The van der Waals surface area contributed by atoms with E-state index in [0.29, 0.717) is 17.8 Å². The van der Waals surface area contributed by atoms with Crippen LogP contribution in [0.2, 0.25) is 0 Å². The van der Waals surface area contributed by atoms with Crippen molar-refractivity contribution in [2.24, 2.45) is 0 Å². The first kappa shape index (κ1) is 13.8. The molecule has 0 aromatic carbocycles. The first-order chi connectivity index (χ1) is 9.00. The van der Waals surface area contributed by atoms with Crippen LogP contribution in [0.15, 0.2) is 10.9 Å². The van der Waals surface area contributed by atoms with Crippen molar-refractivity contribution in [1.29, 1.82) is 0 Å². The summed E-state index contributed by atoms with van der Waals surface area (Å²) in [5, 5.41) is 9.22. The van der Waals surface area contributed by atoms with Gasteiger partial charge in [0.2, 0.25) is 0 Å². The number of pyridine rings is 1. The minimum Gasteiger partial charge on any atom is -0.478 e. The molecule has 2 heterocycles. The molecule has 0 spiro atoms. The Labute approximate surface area is 112 Å². The lowest BCUT2D eigenvalue weighted by molar-refractivity contribution is 0.0694. The molecule has 0 atom stereocenters. The van der Waals surface area contributed by atoms with Gasteiger partial charge in [0.1, 0.15) is 0 Å². The van der Waals surface area contributed by atoms with Crippen molar-refractivity contribution in [1.82, 2.24) is 9.47 Å². The molecule has 104 valence electrons. The van der Waals surface area contributed by atoms with Crippen molar-refractivity contribution in [3.8, 4) is 0 Å². The Morgan fingerprint density at radius 3 is 2.47 bits per heavy atom. The molecule has 1 fully saturated rings. The van der Waals surface area contributed by atoms with Crippen LogP contribution in [0.25, 0.3) is 0 Å². The standard InChI is InChI=1S/C14H20N2O3/c1-10-9-12(17)16(11(2)13(10)14(18)19)8-7-15-5-3-4-6-15/h9H,3-8H2,1-2H3,(H,18,19). The molecule has 0 radical (unpaired) electrons. The van der Waals surface area contributed by atoms with Gasteiger partial charge < -0.3 is 14.6 Å². The summed E-state index contributed by atoms with van der Waals surface area (Å²) in [4.78, 5) is 25.5. The molecule has 2 rings (SSSR count). The molecule has 0 saturated carbocycles. The maximum Gasteiger partial charge on any atom is 0.337 e. The molecular weight excluding hydrogens is 244 g/mol. The normalized spacial score (nSPS) is 15.9. The van der Waals surface area contributed by atoms with E-state index in [0.717, 1.165) is 19.6 Å². The average Bonchev–Trinajstić information content (AvgIpc) is 2.80. The third-order valence-corrected chi connectivity index (χ3v) is 3.82. The highest BCUT2D eigenvalue weighted by Gasteiger charge is 2.17. The highest BCUT2D eigenvalue weighted by molar-refractivity contribution is 5.90. The molecule has 0 bridgehead atoms. The number of aromatic carboxylic acids is 1. The largest absolute Gasteiger partial charge is 0.478 e. The molecule has 0 amide bonds. The lowest BCUT2D eigenvalue weighted by atomic mass is 10.1. The maximum atomic E-state index is 12.0. The summed E-state index contributed by atoms with van der Waals surface area (Å²) in [5.74, 6) is -0.968. The quantitative estimate of drug-likeness (QED) is 0.889. The van der Waals surface area contributed by atoms with Gasteiger partial charge in [0, 0.05) is 24.8 Å². The predicted octanol–water partition coefficient (Wildman–Crippen LogP) is 1.26. The van der Waals surface area contributed by atoms with Crippen LogP contribution in [0.5, 0.6) is 0 Å². The SMILES string of the molecule is Cc1cc(=O)n(CCN2CCCC2)c(C)c1C(=O)O. The minimum atomic E-state index is -0.968. The molecule has 0 unspecified atom stereocenters. The number of likely N-dealkylation sites (tertiary alicyclic amines) is 1. The van der Waals surface area contributed by atoms with Crippen molar-refractivity contribution in [2.75, 3.05) is 19.6 Å². The number of aromatic nitrogens is 1. The van der Waals surface area contributed by atoms with E-state index in [1.54, 1.807) is 18.4 Å². The van der Waals surface area contributed by atoms with Crippen molar-refractivity contribution in [3.63, 3.8) is 0 Å². The van der Waals surface area contributed by atoms with Gasteiger partial charge in [-0.05, 0) is 45.3 Å². The number of aryl methyl sites for hydroxylation is 1. The third kappa shape index (κ3) is 2.87. The lowest BCUT2D eigenvalue weighted by Crippen LogP contribution is -2.31. The van der Waals surface area contributed by atoms with Gasteiger partial charge in [-0.2, -0.15) is 0 Å². The van der Waals surface area contributed by atoms with Crippen LogP contribution in [-0.2, 0) is 6.54 Å². The second-order valence-corrected chi connectivity index (χ2v) is 5.13. The summed E-state index contributed by atoms with van der Waals surface area (Å²) in [6.07, 6.45) is 2.42. The van der Waals surface area contributed by atoms with Gasteiger partial charge in [-0.1, -0.05) is 0 Å². The van der Waals surface area contributed by atoms with Crippen LogP contribution < -0.4 is 5.56 Å². The number of hydrogen-bond donors (Lipinski definition) is 1. The summed E-state index contributed by atoms with van der Waals surface area (Å²) in [5.41, 5.74) is 1.23. The number of rotatable bonds is 4. The van der Waals surface area contributed by atoms with Gasteiger partial charge in [0.15, 0.2) is 0 Å². The Kier molecular flexibility index (Phi) is 4.04.